The number of alkyl halides is 1. The fraction of sp³-hybridized carbons (Fsp3) is 0.188. The third-order valence-corrected chi connectivity index (χ3v) is 3.54. The van der Waals surface area contributed by atoms with Crippen LogP contribution in [-0.2, 0) is 16.7 Å². The minimum atomic E-state index is -0.274. The molecule has 0 aliphatic carbocycles. The molecule has 2 aromatic rings. The summed E-state index contributed by atoms with van der Waals surface area (Å²) in [5, 5.41) is 0.728. The van der Waals surface area contributed by atoms with Crippen LogP contribution in [0.25, 0.3) is 0 Å². The minimum Gasteiger partial charge on any atom is -0.457 e. The standard InChI is InChI=1S/C16H15BrO2/c1-12-7-8-14(10-17)9-15(12)16(18)19-11-13-5-3-2-4-6-13/h2-9H,10-11H2,1H3. The van der Waals surface area contributed by atoms with Crippen molar-refractivity contribution in [1.29, 1.82) is 0 Å². The highest BCUT2D eigenvalue weighted by Crippen LogP contribution is 2.15. The van der Waals surface area contributed by atoms with Gasteiger partial charge in [0.05, 0.1) is 5.56 Å². The second kappa shape index (κ2) is 6.53. The Morgan fingerprint density at radius 3 is 2.53 bits per heavy atom. The number of rotatable bonds is 4. The van der Waals surface area contributed by atoms with Gasteiger partial charge in [-0.1, -0.05) is 58.4 Å². The molecule has 0 bridgehead atoms. The second-order valence-electron chi connectivity index (χ2n) is 4.34. The van der Waals surface area contributed by atoms with Crippen molar-refractivity contribution in [3.63, 3.8) is 0 Å². The molecule has 0 aromatic heterocycles. The number of benzene rings is 2. The fourth-order valence-corrected chi connectivity index (χ4v) is 2.12. The SMILES string of the molecule is Cc1ccc(CBr)cc1C(=O)OCc1ccccc1. The predicted molar refractivity (Wildman–Crippen MR) is 79.4 cm³/mol. The summed E-state index contributed by atoms with van der Waals surface area (Å²) in [5.41, 5.74) is 3.62. The number of hydrogen-bond acceptors (Lipinski definition) is 2. The Morgan fingerprint density at radius 2 is 1.84 bits per heavy atom. The molecule has 0 saturated carbocycles. The van der Waals surface area contributed by atoms with Gasteiger partial charge in [0.1, 0.15) is 6.61 Å². The van der Waals surface area contributed by atoms with Crippen molar-refractivity contribution in [2.45, 2.75) is 18.9 Å². The highest BCUT2D eigenvalue weighted by Gasteiger charge is 2.11. The Balaban J connectivity index is 2.08. The van der Waals surface area contributed by atoms with E-state index in [0.29, 0.717) is 12.2 Å². The summed E-state index contributed by atoms with van der Waals surface area (Å²) in [6, 6.07) is 15.5. The van der Waals surface area contributed by atoms with Crippen LogP contribution in [0.15, 0.2) is 48.5 Å². The molecule has 0 N–H and O–H groups in total. The lowest BCUT2D eigenvalue weighted by Crippen LogP contribution is -2.07. The van der Waals surface area contributed by atoms with Gasteiger partial charge in [0, 0.05) is 5.33 Å². The Hall–Kier alpha value is -1.61. The number of ether oxygens (including phenoxy) is 1. The Labute approximate surface area is 121 Å². The molecule has 19 heavy (non-hydrogen) atoms. The van der Waals surface area contributed by atoms with Gasteiger partial charge >= 0.3 is 5.97 Å². The Morgan fingerprint density at radius 1 is 1.11 bits per heavy atom. The normalized spacial score (nSPS) is 10.2. The van der Waals surface area contributed by atoms with Gasteiger partial charge in [-0.15, -0.1) is 0 Å². The van der Waals surface area contributed by atoms with Crippen molar-refractivity contribution < 1.29 is 9.53 Å². The number of halogens is 1. The average Bonchev–Trinajstić information content (AvgIpc) is 2.46. The Bertz CT molecular complexity index is 564. The first kappa shape index (κ1) is 13.8. The summed E-state index contributed by atoms with van der Waals surface area (Å²) >= 11 is 3.39. The van der Waals surface area contributed by atoms with Gasteiger partial charge in [0.15, 0.2) is 0 Å². The van der Waals surface area contributed by atoms with Gasteiger partial charge in [-0.2, -0.15) is 0 Å². The van der Waals surface area contributed by atoms with E-state index in [1.54, 1.807) is 0 Å². The van der Waals surface area contributed by atoms with Crippen molar-refractivity contribution in [1.82, 2.24) is 0 Å². The van der Waals surface area contributed by atoms with Crippen molar-refractivity contribution in [3.8, 4) is 0 Å². The van der Waals surface area contributed by atoms with E-state index in [0.717, 1.165) is 22.0 Å². The molecule has 0 aliphatic heterocycles. The monoisotopic (exact) mass is 318 g/mol. The summed E-state index contributed by atoms with van der Waals surface area (Å²) < 4.78 is 5.34. The molecule has 0 spiro atoms. The summed E-state index contributed by atoms with van der Waals surface area (Å²) in [4.78, 5) is 12.1. The van der Waals surface area contributed by atoms with E-state index in [1.165, 1.54) is 0 Å². The van der Waals surface area contributed by atoms with Crippen molar-refractivity contribution in [2.75, 3.05) is 0 Å². The molecule has 2 rings (SSSR count). The van der Waals surface area contributed by atoms with E-state index >= 15 is 0 Å². The molecule has 0 aliphatic rings. The van der Waals surface area contributed by atoms with Gasteiger partial charge in [-0.3, -0.25) is 0 Å². The molecule has 2 nitrogen and oxygen atoms in total. The highest BCUT2D eigenvalue weighted by molar-refractivity contribution is 9.08. The number of aryl methyl sites for hydroxylation is 1. The summed E-state index contributed by atoms with van der Waals surface area (Å²) in [5.74, 6) is -0.274. The quantitative estimate of drug-likeness (QED) is 0.622. The van der Waals surface area contributed by atoms with Crippen LogP contribution in [-0.4, -0.2) is 5.97 Å². The van der Waals surface area contributed by atoms with Crippen LogP contribution in [0.1, 0.15) is 27.0 Å². The van der Waals surface area contributed by atoms with Crippen LogP contribution in [0, 0.1) is 6.92 Å². The first-order valence-electron chi connectivity index (χ1n) is 6.07. The van der Waals surface area contributed by atoms with Gasteiger partial charge in [0.2, 0.25) is 0 Å². The van der Waals surface area contributed by atoms with E-state index in [-0.39, 0.29) is 5.97 Å². The molecule has 0 fully saturated rings. The molecular weight excluding hydrogens is 304 g/mol. The van der Waals surface area contributed by atoms with E-state index < -0.39 is 0 Å². The summed E-state index contributed by atoms with van der Waals surface area (Å²) in [6.45, 7) is 2.22. The maximum Gasteiger partial charge on any atom is 0.338 e. The van der Waals surface area contributed by atoms with Crippen LogP contribution in [0.4, 0.5) is 0 Å². The van der Waals surface area contributed by atoms with E-state index in [9.17, 15) is 4.79 Å². The summed E-state index contributed by atoms with van der Waals surface area (Å²) in [6.07, 6.45) is 0. The van der Waals surface area contributed by atoms with Crippen LogP contribution in [0.5, 0.6) is 0 Å². The Kier molecular flexibility index (Phi) is 4.74. The molecule has 98 valence electrons. The predicted octanol–water partition coefficient (Wildman–Crippen LogP) is 4.25. The number of carbonyl (C=O) groups excluding carboxylic acids is 1. The highest BCUT2D eigenvalue weighted by atomic mass is 79.9. The third-order valence-electron chi connectivity index (χ3n) is 2.89. The molecule has 0 amide bonds. The third kappa shape index (κ3) is 3.67. The molecule has 0 unspecified atom stereocenters. The van der Waals surface area contributed by atoms with E-state index in [4.69, 9.17) is 4.74 Å². The molecule has 0 radical (unpaired) electrons. The number of carbonyl (C=O) groups is 1. The van der Waals surface area contributed by atoms with E-state index in [2.05, 4.69) is 15.9 Å². The first-order valence-corrected chi connectivity index (χ1v) is 7.19. The molecule has 0 saturated heterocycles. The van der Waals surface area contributed by atoms with Gasteiger partial charge < -0.3 is 4.74 Å². The molecule has 0 heterocycles. The zero-order valence-corrected chi connectivity index (χ0v) is 12.3. The lowest BCUT2D eigenvalue weighted by atomic mass is 10.1. The van der Waals surface area contributed by atoms with Crippen molar-refractivity contribution >= 4 is 21.9 Å². The molecule has 3 heteroatoms. The van der Waals surface area contributed by atoms with Crippen molar-refractivity contribution in [2.24, 2.45) is 0 Å². The van der Waals surface area contributed by atoms with Crippen LogP contribution < -0.4 is 0 Å². The number of hydrogen-bond donors (Lipinski definition) is 0. The lowest BCUT2D eigenvalue weighted by molar-refractivity contribution is 0.0472. The van der Waals surface area contributed by atoms with Gasteiger partial charge in [0.25, 0.3) is 0 Å². The van der Waals surface area contributed by atoms with Gasteiger partial charge in [-0.25, -0.2) is 4.79 Å². The first-order chi connectivity index (χ1) is 9.20. The lowest BCUT2D eigenvalue weighted by Gasteiger charge is -2.08. The molecule has 2 aromatic carbocycles. The largest absolute Gasteiger partial charge is 0.457 e. The number of esters is 1. The smallest absolute Gasteiger partial charge is 0.338 e. The van der Waals surface area contributed by atoms with Crippen molar-refractivity contribution in [3.05, 3.63) is 70.8 Å². The van der Waals surface area contributed by atoms with Crippen LogP contribution in [0.2, 0.25) is 0 Å². The zero-order valence-electron chi connectivity index (χ0n) is 10.7. The maximum atomic E-state index is 12.1. The molecule has 0 atom stereocenters. The van der Waals surface area contributed by atoms with Crippen LogP contribution >= 0.6 is 15.9 Å². The molecular formula is C16H15BrO2. The topological polar surface area (TPSA) is 26.3 Å². The van der Waals surface area contributed by atoms with Gasteiger partial charge in [-0.05, 0) is 29.7 Å². The van der Waals surface area contributed by atoms with Crippen LogP contribution in [0.3, 0.4) is 0 Å². The fourth-order valence-electron chi connectivity index (χ4n) is 1.77. The maximum absolute atomic E-state index is 12.1. The minimum absolute atomic E-state index is 0.274. The zero-order chi connectivity index (χ0) is 13.7. The summed E-state index contributed by atoms with van der Waals surface area (Å²) in [7, 11) is 0. The average molecular weight is 319 g/mol. The second-order valence-corrected chi connectivity index (χ2v) is 4.91. The van der Waals surface area contributed by atoms with E-state index in [1.807, 2.05) is 55.5 Å².